The highest BCUT2D eigenvalue weighted by atomic mass is 33.1. The molecule has 0 saturated heterocycles. The Morgan fingerprint density at radius 1 is 0.924 bits per heavy atom. The Morgan fingerprint density at radius 3 is 2.44 bits per heavy atom. The van der Waals surface area contributed by atoms with Crippen molar-refractivity contribution in [2.75, 3.05) is 39.8 Å². The van der Waals surface area contributed by atoms with Gasteiger partial charge in [0.1, 0.15) is 18.3 Å². The average Bonchev–Trinajstić information content (AvgIpc) is 3.80. The van der Waals surface area contributed by atoms with Crippen LogP contribution in [0.25, 0.3) is 10.8 Å². The van der Waals surface area contributed by atoms with Crippen molar-refractivity contribution in [2.24, 2.45) is 5.92 Å². The Kier molecular flexibility index (Phi) is 16.6. The maximum atomic E-state index is 15.1. The van der Waals surface area contributed by atoms with Gasteiger partial charge in [-0.3, -0.25) is 10.1 Å². The van der Waals surface area contributed by atoms with Gasteiger partial charge in [-0.25, -0.2) is 0 Å². The highest BCUT2D eigenvalue weighted by Crippen LogP contribution is 2.42. The monoisotopic (exact) mass is 934 g/mol. The van der Waals surface area contributed by atoms with Gasteiger partial charge >= 0.3 is 0 Å². The molecule has 5 aromatic carbocycles. The zero-order valence-electron chi connectivity index (χ0n) is 37.6. The quantitative estimate of drug-likeness (QED) is 0.0407. The zero-order chi connectivity index (χ0) is 46.8. The summed E-state index contributed by atoms with van der Waals surface area (Å²) in [6.45, 7) is 2.55. The highest BCUT2D eigenvalue weighted by Gasteiger charge is 2.31. The summed E-state index contributed by atoms with van der Waals surface area (Å²) in [5.41, 5.74) is 6.40. The van der Waals surface area contributed by atoms with Gasteiger partial charge in [-0.2, -0.15) is 12.4 Å². The van der Waals surface area contributed by atoms with Crippen molar-refractivity contribution in [1.29, 1.82) is 0 Å². The first kappa shape index (κ1) is 48.7. The second kappa shape index (κ2) is 22.5. The van der Waals surface area contributed by atoms with Crippen molar-refractivity contribution in [3.63, 3.8) is 0 Å². The van der Waals surface area contributed by atoms with E-state index in [2.05, 4.69) is 15.6 Å². The maximum Gasteiger partial charge on any atom is 0.167 e. The molecular formula is C52H60N3O9S2-. The molecule has 8 N–H and O–H groups in total. The second-order valence-electron chi connectivity index (χ2n) is 17.4. The van der Waals surface area contributed by atoms with Gasteiger partial charge < -0.3 is 50.4 Å². The van der Waals surface area contributed by atoms with Crippen molar-refractivity contribution >= 4 is 38.1 Å². The Hall–Kier alpha value is -5.19. The number of phenolic OH excluding ortho intramolecular Hbond substituents is 3. The third-order valence-corrected chi connectivity index (χ3v) is 14.8. The smallest absolute Gasteiger partial charge is 0.167 e. The lowest BCUT2D eigenvalue weighted by atomic mass is 9.80. The third-order valence-electron chi connectivity index (χ3n) is 12.3. The van der Waals surface area contributed by atoms with Gasteiger partial charge in [0.25, 0.3) is 0 Å². The number of carbonyl (C=O) groups excluding carboxylic acids is 1. The molecule has 0 fully saturated rings. The van der Waals surface area contributed by atoms with Gasteiger partial charge in [0.15, 0.2) is 23.0 Å². The van der Waals surface area contributed by atoms with Crippen molar-refractivity contribution in [1.82, 2.24) is 15.6 Å². The van der Waals surface area contributed by atoms with E-state index in [-0.39, 0.29) is 49.2 Å². The summed E-state index contributed by atoms with van der Waals surface area (Å²) in [5.74, 6) is -0.0588. The van der Waals surface area contributed by atoms with Crippen LogP contribution in [0, 0.1) is 5.92 Å². The molecule has 66 heavy (non-hydrogen) atoms. The van der Waals surface area contributed by atoms with Crippen LogP contribution in [0.15, 0.2) is 97.3 Å². The number of ketones is 1. The number of Topliss-reactive ketones (excluding diaryl/α,β-unsaturated/α-hetero) is 1. The highest BCUT2D eigenvalue weighted by molar-refractivity contribution is 8.76. The van der Waals surface area contributed by atoms with E-state index in [1.165, 1.54) is 28.7 Å². The van der Waals surface area contributed by atoms with Gasteiger partial charge in [0.2, 0.25) is 0 Å². The van der Waals surface area contributed by atoms with Crippen LogP contribution in [0.1, 0.15) is 69.3 Å². The number of methoxy groups -OCH3 is 1. The number of β-amino-alcohol motifs (C(OH)–C–C–N with tert-alkyl or cyclic N) is 1. The molecule has 0 bridgehead atoms. The number of fused-ring (bicyclic) bond motifs is 2. The average molecular weight is 935 g/mol. The number of nitrogens with zero attached hydrogens (tertiary/aromatic N) is 1. The Balaban J connectivity index is 1.24. The van der Waals surface area contributed by atoms with Gasteiger partial charge in [0.05, 0.1) is 18.8 Å². The summed E-state index contributed by atoms with van der Waals surface area (Å²) >= 11 is 0. The molecule has 1 aromatic heterocycles. The molecule has 0 spiro atoms. The van der Waals surface area contributed by atoms with Crippen molar-refractivity contribution in [3.05, 3.63) is 147 Å². The molecular weight excluding hydrogens is 875 g/mol. The lowest BCUT2D eigenvalue weighted by Gasteiger charge is -2.27. The number of aromatic nitrogens is 1. The molecule has 7 rings (SSSR count). The van der Waals surface area contributed by atoms with Crippen LogP contribution in [0.3, 0.4) is 0 Å². The third kappa shape index (κ3) is 12.0. The van der Waals surface area contributed by atoms with E-state index in [9.17, 15) is 30.6 Å². The second-order valence-corrected chi connectivity index (χ2v) is 19.9. The molecule has 0 aliphatic carbocycles. The minimum absolute atomic E-state index is 0.00108. The number of hydrogen-bond donors (Lipinski definition) is 8. The predicted octanol–water partition coefficient (Wildman–Crippen LogP) is 7.09. The van der Waals surface area contributed by atoms with Crippen LogP contribution >= 0.6 is 21.6 Å². The summed E-state index contributed by atoms with van der Waals surface area (Å²) < 4.78 is 12.0. The van der Waals surface area contributed by atoms with Crippen molar-refractivity contribution in [3.8, 4) is 28.7 Å². The number of rotatable bonds is 18. The van der Waals surface area contributed by atoms with E-state index in [0.717, 1.165) is 55.3 Å². The minimum Gasteiger partial charge on any atom is -0.670 e. The first-order valence-electron chi connectivity index (χ1n) is 22.2. The van der Waals surface area contributed by atoms with E-state index >= 15 is 4.79 Å². The first-order valence-corrected chi connectivity index (χ1v) is 24.7. The number of carbonyl (C=O) groups is 1. The van der Waals surface area contributed by atoms with E-state index in [1.54, 1.807) is 49.6 Å². The minimum atomic E-state index is -1.13. The molecule has 0 amide bonds. The molecule has 6 aromatic rings. The SMILES string of the molecule is CNCc1cc(O)cc(C(Cc2ccc(O)c3c2CSSCC(C)(O)CNCO3)C(=O)CC(O)C(Cc2cc[n-]c2)Cc2ccc(O)c(OC)c2Cc2cccc3cccc(CCO)c23)c1. The van der Waals surface area contributed by atoms with E-state index in [1.807, 2.05) is 61.6 Å². The van der Waals surface area contributed by atoms with Crippen LogP contribution < -0.4 is 25.1 Å². The van der Waals surface area contributed by atoms with Crippen molar-refractivity contribution in [2.45, 2.75) is 75.4 Å². The van der Waals surface area contributed by atoms with Crippen LogP contribution in [-0.4, -0.2) is 87.9 Å². The Labute approximate surface area is 394 Å². The predicted molar refractivity (Wildman–Crippen MR) is 262 cm³/mol. The van der Waals surface area contributed by atoms with E-state index < -0.39 is 23.5 Å². The van der Waals surface area contributed by atoms with Crippen LogP contribution in [0.5, 0.6) is 28.7 Å². The lowest BCUT2D eigenvalue weighted by molar-refractivity contribution is -0.123. The fraction of sp³-hybridized carbons (Fsp3) is 0.365. The van der Waals surface area contributed by atoms with Gasteiger partial charge in [-0.1, -0.05) is 87.8 Å². The molecule has 14 heteroatoms. The lowest BCUT2D eigenvalue weighted by Crippen LogP contribution is -2.41. The molecule has 0 radical (unpaired) electrons. The van der Waals surface area contributed by atoms with Crippen molar-refractivity contribution < 1.29 is 44.9 Å². The molecule has 1 aliphatic heterocycles. The number of aromatic hydroxyl groups is 3. The van der Waals surface area contributed by atoms with Crippen LogP contribution in [-0.2, 0) is 49.2 Å². The first-order chi connectivity index (χ1) is 31.9. The molecule has 4 unspecified atom stereocenters. The Bertz CT molecular complexity index is 2580. The normalized spacial score (nSPS) is 17.0. The summed E-state index contributed by atoms with van der Waals surface area (Å²) in [5, 5.41) is 74.7. The van der Waals surface area contributed by atoms with Gasteiger partial charge in [-0.05, 0) is 114 Å². The zero-order valence-corrected chi connectivity index (χ0v) is 39.3. The van der Waals surface area contributed by atoms with Gasteiger partial charge in [0, 0.05) is 61.1 Å². The van der Waals surface area contributed by atoms with Crippen LogP contribution in [0.2, 0.25) is 0 Å². The Morgan fingerprint density at radius 2 is 1.70 bits per heavy atom. The summed E-state index contributed by atoms with van der Waals surface area (Å²) in [6, 6.07) is 26.0. The van der Waals surface area contributed by atoms with Crippen LogP contribution in [0.4, 0.5) is 0 Å². The molecule has 350 valence electrons. The number of aliphatic hydroxyl groups excluding tert-OH is 2. The van der Waals surface area contributed by atoms with Gasteiger partial charge in [-0.15, -0.1) is 0 Å². The van der Waals surface area contributed by atoms with E-state index in [0.29, 0.717) is 67.3 Å². The fourth-order valence-electron chi connectivity index (χ4n) is 9.10. The molecule has 12 nitrogen and oxygen atoms in total. The molecule has 0 saturated carbocycles. The number of hydrogen-bond acceptors (Lipinski definition) is 13. The maximum absolute atomic E-state index is 15.1. The summed E-state index contributed by atoms with van der Waals surface area (Å²) in [6.07, 6.45) is 3.95. The molecule has 4 atom stereocenters. The number of phenols is 3. The molecule has 1 aliphatic rings. The summed E-state index contributed by atoms with van der Waals surface area (Å²) in [4.78, 5) is 19.4. The topological polar surface area (TPSA) is 195 Å². The largest absolute Gasteiger partial charge is 0.670 e. The number of aliphatic hydroxyl groups is 3. The summed E-state index contributed by atoms with van der Waals surface area (Å²) in [7, 11) is 6.37. The fourth-order valence-corrected chi connectivity index (χ4v) is 11.7. The number of benzene rings is 5. The molecule has 2 heterocycles. The number of ether oxygens (including phenoxy) is 2. The number of nitrogens with one attached hydrogen (secondary N) is 2. The standard InChI is InChI=1S/C52H60N3O9S2/c1-52(62)29-55-31-64-51-44(28-65-66-30-52)37(11-13-46(51)59)23-42(39-19-33(26-53-2)20-41(57)22-39)48(61)25-47(60)40(18-32-14-16-54-27-32)21-36-10-12-45(58)50(63-3)43(36)24-38-9-5-7-34-6-4-8-35(15-17-56)49(34)38/h4-14,16,19-20,22,27,40,42,47,53,55-60,62H,15,17-18,21,23-26,28-31H2,1-3H3/q-1. The van der Waals surface area contributed by atoms with E-state index in [4.69, 9.17) is 9.47 Å².